The molecule has 0 radical (unpaired) electrons. The number of hydrogen-bond acceptors (Lipinski definition) is 5. The average molecular weight is 313 g/mol. The van der Waals surface area contributed by atoms with E-state index in [4.69, 9.17) is 11.6 Å². The molecule has 2 aliphatic rings. The predicted octanol–water partition coefficient (Wildman–Crippen LogP) is 2.70. The Kier molecular flexibility index (Phi) is 4.11. The minimum absolute atomic E-state index is 0.368. The summed E-state index contributed by atoms with van der Waals surface area (Å²) in [6.45, 7) is 4.55. The summed E-state index contributed by atoms with van der Waals surface area (Å²) >= 11 is 7.76. The van der Waals surface area contributed by atoms with Crippen molar-refractivity contribution >= 4 is 29.2 Å². The van der Waals surface area contributed by atoms with Crippen molar-refractivity contribution in [3.8, 4) is 0 Å². The van der Waals surface area contributed by atoms with Crippen LogP contribution in [0.25, 0.3) is 0 Å². The van der Waals surface area contributed by atoms with Crippen LogP contribution in [0, 0.1) is 0 Å². The molecular weight excluding hydrogens is 292 g/mol. The molecule has 3 heterocycles. The van der Waals surface area contributed by atoms with E-state index < -0.39 is 0 Å². The second-order valence-electron chi connectivity index (χ2n) is 5.68. The number of likely N-dealkylation sites (N-methyl/N-ethyl adjacent to an activating group) is 1. The lowest BCUT2D eigenvalue weighted by atomic mass is 10.1. The first-order valence-corrected chi connectivity index (χ1v) is 8.79. The standard InChI is InChI=1S/C14H21ClN4S/c1-9(11-5-4-7-18(11)2)19-8-6-10-12(19)16-14(15)17-13(10)20-3/h9,11H,4-8H2,1-3H3/t9?,11-/m0/s1. The zero-order chi connectivity index (χ0) is 14.3. The molecule has 0 N–H and O–H groups in total. The molecule has 0 saturated carbocycles. The number of halogens is 1. The van der Waals surface area contributed by atoms with Gasteiger partial charge in [-0.15, -0.1) is 11.8 Å². The van der Waals surface area contributed by atoms with Gasteiger partial charge in [0.25, 0.3) is 0 Å². The molecule has 6 heteroatoms. The molecule has 110 valence electrons. The number of anilines is 1. The first kappa shape index (κ1) is 14.4. The van der Waals surface area contributed by atoms with Gasteiger partial charge in [0.15, 0.2) is 0 Å². The maximum atomic E-state index is 6.09. The van der Waals surface area contributed by atoms with Gasteiger partial charge in [-0.25, -0.2) is 9.97 Å². The van der Waals surface area contributed by atoms with Crippen LogP contribution in [0.4, 0.5) is 5.82 Å². The lowest BCUT2D eigenvalue weighted by molar-refractivity contribution is 0.273. The van der Waals surface area contributed by atoms with Gasteiger partial charge in [-0.05, 0) is 57.6 Å². The molecule has 2 atom stereocenters. The molecule has 3 rings (SSSR count). The molecule has 1 aromatic heterocycles. The smallest absolute Gasteiger partial charge is 0.225 e. The summed E-state index contributed by atoms with van der Waals surface area (Å²) in [5.74, 6) is 1.06. The SMILES string of the molecule is CSc1nc(Cl)nc2c1CCN2C(C)[C@@H]1CCCN1C. The summed E-state index contributed by atoms with van der Waals surface area (Å²) < 4.78 is 0. The quantitative estimate of drug-likeness (QED) is 0.487. The molecule has 0 aliphatic carbocycles. The van der Waals surface area contributed by atoms with Crippen molar-refractivity contribution in [3.63, 3.8) is 0 Å². The summed E-state index contributed by atoms with van der Waals surface area (Å²) in [6, 6.07) is 1.09. The van der Waals surface area contributed by atoms with Gasteiger partial charge in [0.05, 0.1) is 0 Å². The minimum atomic E-state index is 0.368. The second-order valence-corrected chi connectivity index (χ2v) is 6.81. The van der Waals surface area contributed by atoms with Crippen LogP contribution in [0.3, 0.4) is 0 Å². The van der Waals surface area contributed by atoms with Gasteiger partial charge < -0.3 is 9.80 Å². The molecule has 0 bridgehead atoms. The van der Waals surface area contributed by atoms with Gasteiger partial charge in [-0.2, -0.15) is 0 Å². The highest BCUT2D eigenvalue weighted by Crippen LogP contribution is 2.36. The number of fused-ring (bicyclic) bond motifs is 1. The predicted molar refractivity (Wildman–Crippen MR) is 85.0 cm³/mol. The Labute approximate surface area is 129 Å². The number of thioether (sulfide) groups is 1. The van der Waals surface area contributed by atoms with Gasteiger partial charge in [0, 0.05) is 24.2 Å². The van der Waals surface area contributed by atoms with Crippen molar-refractivity contribution in [1.82, 2.24) is 14.9 Å². The molecule has 20 heavy (non-hydrogen) atoms. The Balaban J connectivity index is 1.90. The molecule has 0 spiro atoms. The Bertz CT molecular complexity index is 510. The highest BCUT2D eigenvalue weighted by molar-refractivity contribution is 7.98. The van der Waals surface area contributed by atoms with Crippen molar-refractivity contribution in [2.24, 2.45) is 0 Å². The topological polar surface area (TPSA) is 32.3 Å². The Hall–Kier alpha value is -0.520. The monoisotopic (exact) mass is 312 g/mol. The first-order valence-electron chi connectivity index (χ1n) is 7.19. The van der Waals surface area contributed by atoms with E-state index in [0.717, 1.165) is 23.8 Å². The third-order valence-corrected chi connectivity index (χ3v) is 5.51. The summed E-state index contributed by atoms with van der Waals surface area (Å²) in [5.41, 5.74) is 1.27. The molecule has 4 nitrogen and oxygen atoms in total. The summed E-state index contributed by atoms with van der Waals surface area (Å²) in [5, 5.41) is 1.40. The second kappa shape index (κ2) is 5.70. The maximum absolute atomic E-state index is 6.09. The third-order valence-electron chi connectivity index (χ3n) is 4.61. The molecule has 1 fully saturated rings. The number of aromatic nitrogens is 2. The van der Waals surface area contributed by atoms with Gasteiger partial charge >= 0.3 is 0 Å². The highest BCUT2D eigenvalue weighted by atomic mass is 35.5. The Morgan fingerprint density at radius 1 is 1.35 bits per heavy atom. The number of hydrogen-bond donors (Lipinski definition) is 0. The summed E-state index contributed by atoms with van der Waals surface area (Å²) in [4.78, 5) is 13.8. The number of nitrogens with zero attached hydrogens (tertiary/aromatic N) is 4. The van der Waals surface area contributed by atoms with E-state index in [1.165, 1.54) is 24.9 Å². The van der Waals surface area contributed by atoms with Gasteiger partial charge in [-0.1, -0.05) is 0 Å². The van der Waals surface area contributed by atoms with Crippen molar-refractivity contribution in [2.45, 2.75) is 43.3 Å². The Morgan fingerprint density at radius 2 is 2.15 bits per heavy atom. The fraction of sp³-hybridized carbons (Fsp3) is 0.714. The molecular formula is C14H21ClN4S. The van der Waals surface area contributed by atoms with Crippen LogP contribution in [-0.2, 0) is 6.42 Å². The normalized spacial score (nSPS) is 24.2. The van der Waals surface area contributed by atoms with Crippen LogP contribution in [-0.4, -0.2) is 53.3 Å². The maximum Gasteiger partial charge on any atom is 0.225 e. The molecule has 2 aliphatic heterocycles. The molecule has 1 saturated heterocycles. The van der Waals surface area contributed by atoms with Crippen LogP contribution in [0.15, 0.2) is 5.03 Å². The number of rotatable bonds is 3. The van der Waals surface area contributed by atoms with Crippen LogP contribution in [0.2, 0.25) is 5.28 Å². The lowest BCUT2D eigenvalue weighted by Crippen LogP contribution is -2.46. The molecule has 1 unspecified atom stereocenters. The van der Waals surface area contributed by atoms with Gasteiger partial charge in [0.2, 0.25) is 5.28 Å². The van der Waals surface area contributed by atoms with E-state index in [1.807, 2.05) is 0 Å². The average Bonchev–Trinajstić information content (AvgIpc) is 3.03. The van der Waals surface area contributed by atoms with Crippen LogP contribution in [0.5, 0.6) is 0 Å². The van der Waals surface area contributed by atoms with Gasteiger partial charge in [-0.3, -0.25) is 0 Å². The van der Waals surface area contributed by atoms with E-state index in [0.29, 0.717) is 17.4 Å². The van der Waals surface area contributed by atoms with E-state index in [-0.39, 0.29) is 0 Å². The van der Waals surface area contributed by atoms with Crippen LogP contribution < -0.4 is 4.90 Å². The minimum Gasteiger partial charge on any atom is -0.352 e. The zero-order valence-corrected chi connectivity index (χ0v) is 13.8. The third kappa shape index (κ3) is 2.40. The van der Waals surface area contributed by atoms with Crippen molar-refractivity contribution in [3.05, 3.63) is 10.8 Å². The number of likely N-dealkylation sites (tertiary alicyclic amines) is 1. The van der Waals surface area contributed by atoms with Crippen molar-refractivity contribution in [1.29, 1.82) is 0 Å². The fourth-order valence-electron chi connectivity index (χ4n) is 3.54. The summed E-state index contributed by atoms with van der Waals surface area (Å²) in [7, 11) is 2.23. The Morgan fingerprint density at radius 3 is 2.80 bits per heavy atom. The first-order chi connectivity index (χ1) is 9.61. The van der Waals surface area contributed by atoms with Crippen molar-refractivity contribution < 1.29 is 0 Å². The molecule has 0 amide bonds. The molecule has 1 aromatic rings. The van der Waals surface area contributed by atoms with E-state index in [9.17, 15) is 0 Å². The van der Waals surface area contributed by atoms with E-state index in [1.54, 1.807) is 11.8 Å². The highest BCUT2D eigenvalue weighted by Gasteiger charge is 2.35. The van der Waals surface area contributed by atoms with Crippen molar-refractivity contribution in [2.75, 3.05) is 31.3 Å². The summed E-state index contributed by atoms with van der Waals surface area (Å²) in [6.07, 6.45) is 5.66. The van der Waals surface area contributed by atoms with Gasteiger partial charge in [0.1, 0.15) is 10.8 Å². The largest absolute Gasteiger partial charge is 0.352 e. The lowest BCUT2D eigenvalue weighted by Gasteiger charge is -2.34. The van der Waals surface area contributed by atoms with E-state index >= 15 is 0 Å². The van der Waals surface area contributed by atoms with E-state index in [2.05, 4.69) is 40.0 Å². The molecule has 0 aromatic carbocycles. The van der Waals surface area contributed by atoms with Crippen LogP contribution >= 0.6 is 23.4 Å². The fourth-order valence-corrected chi connectivity index (χ4v) is 4.37. The zero-order valence-electron chi connectivity index (χ0n) is 12.3. The van der Waals surface area contributed by atoms with Crippen LogP contribution in [0.1, 0.15) is 25.3 Å².